The van der Waals surface area contributed by atoms with Gasteiger partial charge in [-0.25, -0.2) is 13.1 Å². The molecule has 138 valence electrons. The summed E-state index contributed by atoms with van der Waals surface area (Å²) in [7, 11) is -2.31. The molecule has 0 saturated heterocycles. The van der Waals surface area contributed by atoms with E-state index in [1.165, 1.54) is 31.4 Å². The maximum absolute atomic E-state index is 12.2. The van der Waals surface area contributed by atoms with Crippen LogP contribution in [0.3, 0.4) is 0 Å². The van der Waals surface area contributed by atoms with E-state index < -0.39 is 22.5 Å². The van der Waals surface area contributed by atoms with Crippen LogP contribution in [-0.4, -0.2) is 41.2 Å². The van der Waals surface area contributed by atoms with Crippen molar-refractivity contribution in [1.82, 2.24) is 4.72 Å². The molecule has 26 heavy (non-hydrogen) atoms. The van der Waals surface area contributed by atoms with Gasteiger partial charge >= 0.3 is 0 Å². The topological polar surface area (TPSA) is 103 Å². The van der Waals surface area contributed by atoms with E-state index in [4.69, 9.17) is 14.2 Å². The summed E-state index contributed by atoms with van der Waals surface area (Å²) in [6.45, 7) is 0.515. The second-order valence-electron chi connectivity index (χ2n) is 5.41. The van der Waals surface area contributed by atoms with Gasteiger partial charge in [-0.3, -0.25) is 4.79 Å². The molecule has 0 fully saturated rings. The Morgan fingerprint density at radius 2 is 1.77 bits per heavy atom. The zero-order valence-electron chi connectivity index (χ0n) is 14.0. The quantitative estimate of drug-likeness (QED) is 0.787. The summed E-state index contributed by atoms with van der Waals surface area (Å²) < 4.78 is 42.5. The van der Waals surface area contributed by atoms with E-state index in [0.717, 1.165) is 0 Å². The Kier molecular flexibility index (Phi) is 5.29. The van der Waals surface area contributed by atoms with Crippen LogP contribution < -0.4 is 24.2 Å². The minimum atomic E-state index is -3.80. The van der Waals surface area contributed by atoms with Gasteiger partial charge in [0.15, 0.2) is 11.5 Å². The molecule has 1 amide bonds. The summed E-state index contributed by atoms with van der Waals surface area (Å²) in [6.07, 6.45) is 0. The molecule has 0 saturated carbocycles. The number of amides is 1. The molecule has 2 N–H and O–H groups in total. The van der Waals surface area contributed by atoms with Crippen molar-refractivity contribution in [2.45, 2.75) is 4.90 Å². The van der Waals surface area contributed by atoms with Gasteiger partial charge in [-0.1, -0.05) is 0 Å². The van der Waals surface area contributed by atoms with Crippen LogP contribution in [0.25, 0.3) is 0 Å². The summed E-state index contributed by atoms with van der Waals surface area (Å²) in [5.41, 5.74) is 0.489. The molecule has 1 heterocycles. The van der Waals surface area contributed by atoms with Gasteiger partial charge in [0.2, 0.25) is 15.9 Å². The number of carbonyl (C=O) groups excluding carboxylic acids is 1. The van der Waals surface area contributed by atoms with Crippen LogP contribution in [0.15, 0.2) is 47.4 Å². The van der Waals surface area contributed by atoms with Gasteiger partial charge in [0.1, 0.15) is 19.0 Å². The Balaban J connectivity index is 1.59. The molecule has 8 nitrogen and oxygen atoms in total. The molecule has 0 atom stereocenters. The lowest BCUT2D eigenvalue weighted by molar-refractivity contribution is -0.115. The van der Waals surface area contributed by atoms with Crippen molar-refractivity contribution < 1.29 is 27.4 Å². The zero-order chi connectivity index (χ0) is 18.6. The minimum Gasteiger partial charge on any atom is -0.497 e. The third-order valence-corrected chi connectivity index (χ3v) is 5.04. The molecule has 0 bridgehead atoms. The third kappa shape index (κ3) is 4.24. The number of ether oxygens (including phenoxy) is 3. The molecule has 2 aromatic carbocycles. The van der Waals surface area contributed by atoms with E-state index in [0.29, 0.717) is 36.1 Å². The molecule has 3 rings (SSSR count). The predicted molar refractivity (Wildman–Crippen MR) is 94.2 cm³/mol. The second-order valence-corrected chi connectivity index (χ2v) is 7.17. The fourth-order valence-corrected chi connectivity index (χ4v) is 3.31. The fraction of sp³-hybridized carbons (Fsp3) is 0.235. The van der Waals surface area contributed by atoms with E-state index in [2.05, 4.69) is 10.0 Å². The number of rotatable bonds is 6. The molecule has 0 aromatic heterocycles. The van der Waals surface area contributed by atoms with Crippen LogP contribution in [0, 0.1) is 0 Å². The van der Waals surface area contributed by atoms with E-state index in [9.17, 15) is 13.2 Å². The van der Waals surface area contributed by atoms with Crippen molar-refractivity contribution in [3.63, 3.8) is 0 Å². The average molecular weight is 378 g/mol. The fourth-order valence-electron chi connectivity index (χ4n) is 2.33. The van der Waals surface area contributed by atoms with Crippen LogP contribution in [0.1, 0.15) is 0 Å². The molecule has 0 spiro atoms. The zero-order valence-corrected chi connectivity index (χ0v) is 14.8. The number of anilines is 1. The van der Waals surface area contributed by atoms with E-state index in [1.807, 2.05) is 0 Å². The number of nitrogens with one attached hydrogen (secondary N) is 2. The van der Waals surface area contributed by atoms with Gasteiger partial charge in [-0.05, 0) is 36.4 Å². The third-order valence-electron chi connectivity index (χ3n) is 3.62. The van der Waals surface area contributed by atoms with Crippen molar-refractivity contribution in [2.24, 2.45) is 0 Å². The Labute approximate surface area is 151 Å². The summed E-state index contributed by atoms with van der Waals surface area (Å²) in [5, 5.41) is 2.61. The maximum Gasteiger partial charge on any atom is 0.241 e. The van der Waals surface area contributed by atoms with E-state index >= 15 is 0 Å². The molecule has 1 aliphatic heterocycles. The number of fused-ring (bicyclic) bond motifs is 1. The average Bonchev–Trinajstić information content (AvgIpc) is 2.66. The normalized spacial score (nSPS) is 13.1. The number of sulfonamides is 1. The van der Waals surface area contributed by atoms with Crippen LogP contribution in [0.5, 0.6) is 17.2 Å². The number of benzene rings is 2. The van der Waals surface area contributed by atoms with Crippen LogP contribution in [0.2, 0.25) is 0 Å². The van der Waals surface area contributed by atoms with Crippen molar-refractivity contribution in [2.75, 3.05) is 32.2 Å². The van der Waals surface area contributed by atoms with Crippen molar-refractivity contribution in [3.05, 3.63) is 42.5 Å². The predicted octanol–water partition coefficient (Wildman–Crippen LogP) is 1.38. The first-order chi connectivity index (χ1) is 12.5. The first-order valence-electron chi connectivity index (χ1n) is 7.81. The summed E-state index contributed by atoms with van der Waals surface area (Å²) >= 11 is 0. The number of carbonyl (C=O) groups is 1. The smallest absolute Gasteiger partial charge is 0.241 e. The van der Waals surface area contributed by atoms with Gasteiger partial charge in [0.05, 0.1) is 18.6 Å². The Hall–Kier alpha value is -2.78. The standard InChI is InChI=1S/C17H18N2O6S/c1-23-13-3-5-14(6-4-13)26(21,22)18-11-17(20)19-12-2-7-15-16(10-12)25-9-8-24-15/h2-7,10,18H,8-9,11H2,1H3,(H,19,20). The molecule has 0 radical (unpaired) electrons. The van der Waals surface area contributed by atoms with Gasteiger partial charge in [-0.15, -0.1) is 0 Å². The summed E-state index contributed by atoms with van der Waals surface area (Å²) in [5.74, 6) is 1.18. The molecule has 9 heteroatoms. The molecule has 2 aromatic rings. The molecule has 0 unspecified atom stereocenters. The van der Waals surface area contributed by atoms with Crippen LogP contribution in [0.4, 0.5) is 5.69 Å². The SMILES string of the molecule is COc1ccc(S(=O)(=O)NCC(=O)Nc2ccc3c(c2)OCCO3)cc1. The monoisotopic (exact) mass is 378 g/mol. The Morgan fingerprint density at radius 3 is 2.46 bits per heavy atom. The molecular weight excluding hydrogens is 360 g/mol. The molecular formula is C17H18N2O6S. The number of methoxy groups -OCH3 is 1. The summed E-state index contributed by atoms with van der Waals surface area (Å²) in [6, 6.07) is 10.8. The lowest BCUT2D eigenvalue weighted by Gasteiger charge is -2.19. The van der Waals surface area contributed by atoms with Gasteiger partial charge in [0.25, 0.3) is 0 Å². The van der Waals surface area contributed by atoms with E-state index in [-0.39, 0.29) is 4.90 Å². The molecule has 1 aliphatic rings. The highest BCUT2D eigenvalue weighted by atomic mass is 32.2. The Morgan fingerprint density at radius 1 is 1.08 bits per heavy atom. The minimum absolute atomic E-state index is 0.0467. The highest BCUT2D eigenvalue weighted by Crippen LogP contribution is 2.32. The highest BCUT2D eigenvalue weighted by Gasteiger charge is 2.17. The van der Waals surface area contributed by atoms with Gasteiger partial charge in [0, 0.05) is 11.8 Å². The number of hydrogen-bond donors (Lipinski definition) is 2. The Bertz CT molecular complexity index is 896. The lowest BCUT2D eigenvalue weighted by Crippen LogP contribution is -2.32. The van der Waals surface area contributed by atoms with Gasteiger partial charge in [-0.2, -0.15) is 0 Å². The van der Waals surface area contributed by atoms with Gasteiger partial charge < -0.3 is 19.5 Å². The largest absolute Gasteiger partial charge is 0.497 e. The van der Waals surface area contributed by atoms with Crippen LogP contribution >= 0.6 is 0 Å². The first-order valence-corrected chi connectivity index (χ1v) is 9.29. The number of hydrogen-bond acceptors (Lipinski definition) is 6. The first kappa shape index (κ1) is 18.0. The summed E-state index contributed by atoms with van der Waals surface area (Å²) in [4.78, 5) is 12.1. The van der Waals surface area contributed by atoms with Crippen molar-refractivity contribution >= 4 is 21.6 Å². The molecule has 0 aliphatic carbocycles. The second kappa shape index (κ2) is 7.63. The van der Waals surface area contributed by atoms with Crippen LogP contribution in [-0.2, 0) is 14.8 Å². The highest BCUT2D eigenvalue weighted by molar-refractivity contribution is 7.89. The van der Waals surface area contributed by atoms with E-state index in [1.54, 1.807) is 18.2 Å². The van der Waals surface area contributed by atoms with Crippen molar-refractivity contribution in [3.8, 4) is 17.2 Å². The maximum atomic E-state index is 12.2. The van der Waals surface area contributed by atoms with Crippen molar-refractivity contribution in [1.29, 1.82) is 0 Å². The lowest BCUT2D eigenvalue weighted by atomic mass is 10.2.